The zero-order valence-corrected chi connectivity index (χ0v) is 31.5. The molecule has 0 heterocycles. The van der Waals surface area contributed by atoms with E-state index in [0.29, 0.717) is 0 Å². The molecule has 0 aliphatic heterocycles. The topological polar surface area (TPSA) is 3.24 Å². The summed E-state index contributed by atoms with van der Waals surface area (Å²) in [6.45, 7) is 7.99. The Hall–Kier alpha value is -6.96. The van der Waals surface area contributed by atoms with Crippen molar-refractivity contribution in [1.82, 2.24) is 0 Å². The van der Waals surface area contributed by atoms with Crippen LogP contribution in [0.2, 0.25) is 0 Å². The maximum atomic E-state index is 3.99. The van der Waals surface area contributed by atoms with E-state index in [1.807, 2.05) is 12.2 Å². The summed E-state index contributed by atoms with van der Waals surface area (Å²) in [4.78, 5) is 2.33. The van der Waals surface area contributed by atoms with Crippen LogP contribution in [0.5, 0.6) is 0 Å². The van der Waals surface area contributed by atoms with Gasteiger partial charge in [0.2, 0.25) is 0 Å². The lowest BCUT2D eigenvalue weighted by atomic mass is 9.69. The number of hydrogen-bond donors (Lipinski definition) is 0. The predicted molar refractivity (Wildman–Crippen MR) is 239 cm³/mol. The van der Waals surface area contributed by atoms with Crippen molar-refractivity contribution in [3.63, 3.8) is 0 Å². The van der Waals surface area contributed by atoms with Crippen molar-refractivity contribution >= 4 is 29.2 Å². The third kappa shape index (κ3) is 6.59. The van der Waals surface area contributed by atoms with Crippen molar-refractivity contribution in [2.75, 3.05) is 4.90 Å². The Morgan fingerprint density at radius 3 is 1.36 bits per heavy atom. The number of para-hydroxylation sites is 1. The predicted octanol–water partition coefficient (Wildman–Crippen LogP) is 14.5. The summed E-state index contributed by atoms with van der Waals surface area (Å²) in [6.07, 6.45) is 5.60. The van der Waals surface area contributed by atoms with Gasteiger partial charge in [-0.1, -0.05) is 183 Å². The first-order valence-electron chi connectivity index (χ1n) is 19.4. The van der Waals surface area contributed by atoms with Crippen molar-refractivity contribution in [2.24, 2.45) is 0 Å². The van der Waals surface area contributed by atoms with E-state index in [0.717, 1.165) is 41.0 Å². The number of benzene rings is 8. The van der Waals surface area contributed by atoms with E-state index >= 15 is 0 Å². The fourth-order valence-corrected chi connectivity index (χ4v) is 8.58. The summed E-state index contributed by atoms with van der Waals surface area (Å²) < 4.78 is 0. The summed E-state index contributed by atoms with van der Waals surface area (Å²) in [5, 5.41) is 0. The van der Waals surface area contributed by atoms with E-state index < -0.39 is 0 Å². The molecule has 0 bridgehead atoms. The molecule has 0 atom stereocenters. The van der Waals surface area contributed by atoms with Crippen molar-refractivity contribution in [1.29, 1.82) is 0 Å². The van der Waals surface area contributed by atoms with Gasteiger partial charge in [-0.05, 0) is 122 Å². The highest BCUT2D eigenvalue weighted by molar-refractivity contribution is 5.85. The van der Waals surface area contributed by atoms with Crippen LogP contribution in [0.15, 0.2) is 213 Å². The Balaban J connectivity index is 1.12. The van der Waals surface area contributed by atoms with Gasteiger partial charge >= 0.3 is 0 Å². The molecule has 0 saturated heterocycles. The molecule has 0 aromatic heterocycles. The Kier molecular flexibility index (Phi) is 9.35. The third-order valence-electron chi connectivity index (χ3n) is 11.4. The molecule has 8 aromatic carbocycles. The van der Waals surface area contributed by atoms with Gasteiger partial charge in [0.05, 0.1) is 0 Å². The smallest absolute Gasteiger partial charge is 0.0462 e. The number of rotatable bonds is 11. The number of anilines is 3. The Morgan fingerprint density at radius 2 is 0.804 bits per heavy atom. The molecule has 1 aliphatic carbocycles. The molecule has 0 N–H and O–H groups in total. The third-order valence-corrected chi connectivity index (χ3v) is 11.4. The lowest BCUT2D eigenvalue weighted by molar-refractivity contribution is 0.520. The molecule has 0 spiro atoms. The van der Waals surface area contributed by atoms with Gasteiger partial charge in [-0.15, -0.1) is 0 Å². The van der Waals surface area contributed by atoms with Crippen LogP contribution in [0.1, 0.15) is 33.4 Å². The molecular formula is C55H43N. The second-order valence-electron chi connectivity index (χ2n) is 14.8. The van der Waals surface area contributed by atoms with Gasteiger partial charge in [-0.2, -0.15) is 0 Å². The van der Waals surface area contributed by atoms with E-state index in [4.69, 9.17) is 0 Å². The van der Waals surface area contributed by atoms with Crippen molar-refractivity contribution < 1.29 is 0 Å². The highest BCUT2D eigenvalue weighted by atomic mass is 15.1. The molecule has 1 nitrogen and oxygen atoms in total. The zero-order chi connectivity index (χ0) is 37.9. The van der Waals surface area contributed by atoms with Gasteiger partial charge in [0.15, 0.2) is 0 Å². The monoisotopic (exact) mass is 717 g/mol. The molecule has 8 aromatic rings. The molecule has 1 heteroatoms. The standard InChI is InChI=1S/C55H43N/c1-3-40-19-23-42(24-20-40)38-55(39-43-25-21-41(4-2)22-26-43)53-18-12-11-17-51(53)52-36-31-47(37-54(52)55)46-29-34-50(35-30-46)56(48-15-9-6-10-16-48)49-32-27-45(28-33-49)44-13-7-5-8-14-44/h3-37H,1-2,38-39H2. The first kappa shape index (κ1) is 34.8. The van der Waals surface area contributed by atoms with E-state index in [9.17, 15) is 0 Å². The first-order valence-corrected chi connectivity index (χ1v) is 19.4. The molecule has 0 saturated carbocycles. The summed E-state index contributed by atoms with van der Waals surface area (Å²) >= 11 is 0. The average molecular weight is 718 g/mol. The summed E-state index contributed by atoms with van der Waals surface area (Å²) in [7, 11) is 0. The molecular weight excluding hydrogens is 675 g/mol. The summed E-state index contributed by atoms with van der Waals surface area (Å²) in [5.74, 6) is 0. The second kappa shape index (κ2) is 15.1. The maximum Gasteiger partial charge on any atom is 0.0462 e. The average Bonchev–Trinajstić information content (AvgIpc) is 3.53. The Morgan fingerprint density at radius 1 is 0.375 bits per heavy atom. The normalized spacial score (nSPS) is 12.4. The van der Waals surface area contributed by atoms with E-state index in [2.05, 4.69) is 218 Å². The summed E-state index contributed by atoms with van der Waals surface area (Å²) in [5.41, 5.74) is 18.2. The molecule has 9 rings (SSSR count). The molecule has 0 fully saturated rings. The Bertz CT molecular complexity index is 2560. The van der Waals surface area contributed by atoms with E-state index in [-0.39, 0.29) is 5.41 Å². The maximum absolute atomic E-state index is 3.99. The zero-order valence-electron chi connectivity index (χ0n) is 31.5. The number of nitrogens with zero attached hydrogens (tertiary/aromatic N) is 1. The molecule has 0 radical (unpaired) electrons. The minimum absolute atomic E-state index is 0.261. The minimum Gasteiger partial charge on any atom is -0.311 e. The van der Waals surface area contributed by atoms with Crippen LogP contribution in [0.25, 0.3) is 45.5 Å². The minimum atomic E-state index is -0.261. The number of hydrogen-bond acceptors (Lipinski definition) is 1. The molecule has 56 heavy (non-hydrogen) atoms. The van der Waals surface area contributed by atoms with E-state index in [1.54, 1.807) is 0 Å². The molecule has 268 valence electrons. The van der Waals surface area contributed by atoms with Crippen LogP contribution >= 0.6 is 0 Å². The van der Waals surface area contributed by atoms with Gasteiger partial charge < -0.3 is 4.90 Å². The highest BCUT2D eigenvalue weighted by Crippen LogP contribution is 2.53. The van der Waals surface area contributed by atoms with Crippen LogP contribution in [-0.2, 0) is 18.3 Å². The summed E-state index contributed by atoms with van der Waals surface area (Å²) in [6, 6.07) is 73.1. The lowest BCUT2D eigenvalue weighted by Gasteiger charge is -2.33. The van der Waals surface area contributed by atoms with Gasteiger partial charge in [0, 0.05) is 22.5 Å². The molecule has 1 aliphatic rings. The quantitative estimate of drug-likeness (QED) is 0.129. The lowest BCUT2D eigenvalue weighted by Crippen LogP contribution is -2.31. The van der Waals surface area contributed by atoms with Crippen LogP contribution in [0, 0.1) is 0 Å². The van der Waals surface area contributed by atoms with Crippen LogP contribution < -0.4 is 4.90 Å². The highest BCUT2D eigenvalue weighted by Gasteiger charge is 2.43. The SMILES string of the molecule is C=Cc1ccc(CC2(Cc3ccc(C=C)cc3)c3ccccc3-c3ccc(-c4ccc(N(c5ccccc5)c5ccc(-c6ccccc6)cc5)cc4)cc32)cc1. The molecule has 0 amide bonds. The second-order valence-corrected chi connectivity index (χ2v) is 14.8. The van der Waals surface area contributed by atoms with Crippen molar-refractivity contribution in [3.05, 3.63) is 247 Å². The van der Waals surface area contributed by atoms with Crippen molar-refractivity contribution in [3.8, 4) is 33.4 Å². The van der Waals surface area contributed by atoms with Gasteiger partial charge in [0.1, 0.15) is 0 Å². The molecule has 0 unspecified atom stereocenters. The van der Waals surface area contributed by atoms with Crippen LogP contribution in [0.3, 0.4) is 0 Å². The van der Waals surface area contributed by atoms with Gasteiger partial charge in [-0.3, -0.25) is 0 Å². The van der Waals surface area contributed by atoms with E-state index in [1.165, 1.54) is 55.6 Å². The fraction of sp³-hybridized carbons (Fsp3) is 0.0545. The Labute approximate surface area is 331 Å². The van der Waals surface area contributed by atoms with Gasteiger partial charge in [-0.25, -0.2) is 0 Å². The van der Waals surface area contributed by atoms with Crippen LogP contribution in [-0.4, -0.2) is 0 Å². The fourth-order valence-electron chi connectivity index (χ4n) is 8.58. The van der Waals surface area contributed by atoms with Gasteiger partial charge in [0.25, 0.3) is 0 Å². The first-order chi connectivity index (χ1) is 27.6. The van der Waals surface area contributed by atoms with Crippen molar-refractivity contribution in [2.45, 2.75) is 18.3 Å². The number of fused-ring (bicyclic) bond motifs is 3. The largest absolute Gasteiger partial charge is 0.311 e. The van der Waals surface area contributed by atoms with Crippen LogP contribution in [0.4, 0.5) is 17.1 Å².